The summed E-state index contributed by atoms with van der Waals surface area (Å²) in [6.45, 7) is 0. The maximum atomic E-state index is 5.72. The standard InChI is InChI=1S/C13H14N2S2/c14-15-13(11-6-3-7-16-11)12-8-9-4-1-2-5-10(9)17-12/h1-7,12-13,15H,8,14H2. The van der Waals surface area contributed by atoms with E-state index in [1.807, 2.05) is 11.8 Å². The van der Waals surface area contributed by atoms with Gasteiger partial charge in [-0.05, 0) is 29.5 Å². The largest absolute Gasteiger partial charge is 0.271 e. The van der Waals surface area contributed by atoms with Crippen molar-refractivity contribution in [3.05, 3.63) is 52.2 Å². The van der Waals surface area contributed by atoms with Gasteiger partial charge in [-0.2, -0.15) is 0 Å². The Labute approximate surface area is 109 Å². The summed E-state index contributed by atoms with van der Waals surface area (Å²) in [4.78, 5) is 2.71. The Morgan fingerprint density at radius 2 is 2.12 bits per heavy atom. The monoisotopic (exact) mass is 262 g/mol. The minimum absolute atomic E-state index is 0.243. The SMILES string of the molecule is NNC(c1cccs1)C1Cc2ccccc2S1. The van der Waals surface area contributed by atoms with E-state index in [4.69, 9.17) is 5.84 Å². The number of benzene rings is 1. The highest BCUT2D eigenvalue weighted by molar-refractivity contribution is 8.00. The van der Waals surface area contributed by atoms with Crippen LogP contribution in [0.2, 0.25) is 0 Å². The Balaban J connectivity index is 1.83. The minimum Gasteiger partial charge on any atom is -0.271 e. The van der Waals surface area contributed by atoms with Gasteiger partial charge in [0.25, 0.3) is 0 Å². The van der Waals surface area contributed by atoms with Gasteiger partial charge < -0.3 is 0 Å². The predicted molar refractivity (Wildman–Crippen MR) is 74.2 cm³/mol. The van der Waals surface area contributed by atoms with Gasteiger partial charge in [0.1, 0.15) is 0 Å². The zero-order valence-electron chi connectivity index (χ0n) is 9.30. The lowest BCUT2D eigenvalue weighted by Gasteiger charge is -2.20. The zero-order valence-corrected chi connectivity index (χ0v) is 10.9. The van der Waals surface area contributed by atoms with Crippen molar-refractivity contribution < 1.29 is 0 Å². The molecule has 2 heterocycles. The lowest BCUT2D eigenvalue weighted by molar-refractivity contribution is 0.541. The molecule has 0 saturated carbocycles. The summed E-state index contributed by atoms with van der Waals surface area (Å²) >= 11 is 3.70. The normalized spacial score (nSPS) is 20.2. The van der Waals surface area contributed by atoms with Crippen LogP contribution >= 0.6 is 23.1 Å². The molecule has 4 heteroatoms. The van der Waals surface area contributed by atoms with Gasteiger partial charge in [0, 0.05) is 15.0 Å². The lowest BCUT2D eigenvalue weighted by atomic mass is 10.0. The lowest BCUT2D eigenvalue weighted by Crippen LogP contribution is -2.34. The van der Waals surface area contributed by atoms with Crippen molar-refractivity contribution in [3.8, 4) is 0 Å². The van der Waals surface area contributed by atoms with Gasteiger partial charge in [-0.1, -0.05) is 24.3 Å². The van der Waals surface area contributed by atoms with Crippen LogP contribution in [0.15, 0.2) is 46.7 Å². The number of thioether (sulfide) groups is 1. The van der Waals surface area contributed by atoms with Crippen LogP contribution in [0.5, 0.6) is 0 Å². The summed E-state index contributed by atoms with van der Waals surface area (Å²) in [5.74, 6) is 5.72. The van der Waals surface area contributed by atoms with Crippen molar-refractivity contribution in [2.24, 2.45) is 5.84 Å². The first-order valence-corrected chi connectivity index (χ1v) is 7.38. The molecule has 88 valence electrons. The van der Waals surface area contributed by atoms with Crippen LogP contribution in [0.1, 0.15) is 16.5 Å². The molecule has 1 aromatic heterocycles. The smallest absolute Gasteiger partial charge is 0.0678 e. The Bertz CT molecular complexity index is 471. The number of hydrogen-bond acceptors (Lipinski definition) is 4. The third-order valence-electron chi connectivity index (χ3n) is 3.07. The van der Waals surface area contributed by atoms with E-state index in [-0.39, 0.29) is 6.04 Å². The first-order valence-electron chi connectivity index (χ1n) is 5.62. The van der Waals surface area contributed by atoms with Gasteiger partial charge in [-0.15, -0.1) is 23.1 Å². The molecule has 0 amide bonds. The van der Waals surface area contributed by atoms with Gasteiger partial charge in [0.2, 0.25) is 0 Å². The molecular weight excluding hydrogens is 248 g/mol. The molecule has 2 aromatic rings. The maximum absolute atomic E-state index is 5.72. The first kappa shape index (κ1) is 11.3. The average molecular weight is 262 g/mol. The fourth-order valence-corrected chi connectivity index (χ4v) is 4.58. The van der Waals surface area contributed by atoms with Crippen molar-refractivity contribution in [1.29, 1.82) is 0 Å². The van der Waals surface area contributed by atoms with E-state index in [0.29, 0.717) is 5.25 Å². The fourth-order valence-electron chi connectivity index (χ4n) is 2.24. The van der Waals surface area contributed by atoms with E-state index in [1.54, 1.807) is 11.3 Å². The highest BCUT2D eigenvalue weighted by Gasteiger charge is 2.30. The summed E-state index contributed by atoms with van der Waals surface area (Å²) in [5.41, 5.74) is 4.41. The topological polar surface area (TPSA) is 38.0 Å². The molecule has 2 nitrogen and oxygen atoms in total. The van der Waals surface area contributed by atoms with Gasteiger partial charge in [-0.25, -0.2) is 0 Å². The number of hydrazine groups is 1. The van der Waals surface area contributed by atoms with Gasteiger partial charge >= 0.3 is 0 Å². The number of fused-ring (bicyclic) bond motifs is 1. The third kappa shape index (κ3) is 2.13. The van der Waals surface area contributed by atoms with E-state index in [1.165, 1.54) is 15.3 Å². The second-order valence-corrected chi connectivity index (χ2v) is 6.39. The number of nitrogens with two attached hydrogens (primary N) is 1. The van der Waals surface area contributed by atoms with Crippen molar-refractivity contribution in [3.63, 3.8) is 0 Å². The predicted octanol–water partition coefficient (Wildman–Crippen LogP) is 2.97. The highest BCUT2D eigenvalue weighted by atomic mass is 32.2. The molecule has 0 aliphatic carbocycles. The summed E-state index contributed by atoms with van der Waals surface area (Å²) in [5, 5.41) is 2.60. The van der Waals surface area contributed by atoms with E-state index in [0.717, 1.165) is 6.42 Å². The fraction of sp³-hybridized carbons (Fsp3) is 0.231. The molecule has 1 aromatic carbocycles. The summed E-state index contributed by atoms with van der Waals surface area (Å²) < 4.78 is 0. The van der Waals surface area contributed by atoms with Crippen LogP contribution in [0, 0.1) is 0 Å². The maximum Gasteiger partial charge on any atom is 0.0678 e. The van der Waals surface area contributed by atoms with Gasteiger partial charge in [-0.3, -0.25) is 11.3 Å². The molecule has 1 aliphatic heterocycles. The second kappa shape index (κ2) is 4.82. The van der Waals surface area contributed by atoms with Crippen LogP contribution in [-0.4, -0.2) is 5.25 Å². The van der Waals surface area contributed by atoms with E-state index in [2.05, 4.69) is 47.2 Å². The summed E-state index contributed by atoms with van der Waals surface area (Å²) in [7, 11) is 0. The number of hydrogen-bond donors (Lipinski definition) is 2. The number of nitrogens with one attached hydrogen (secondary N) is 1. The van der Waals surface area contributed by atoms with Crippen molar-refractivity contribution in [2.75, 3.05) is 0 Å². The van der Waals surface area contributed by atoms with Crippen LogP contribution in [0.25, 0.3) is 0 Å². The van der Waals surface area contributed by atoms with Crippen molar-refractivity contribution in [2.45, 2.75) is 22.6 Å². The molecule has 2 unspecified atom stereocenters. The van der Waals surface area contributed by atoms with Crippen LogP contribution in [-0.2, 0) is 6.42 Å². The van der Waals surface area contributed by atoms with E-state index in [9.17, 15) is 0 Å². The van der Waals surface area contributed by atoms with Crippen LogP contribution in [0.3, 0.4) is 0 Å². The molecule has 3 N–H and O–H groups in total. The number of thiophene rings is 1. The highest BCUT2D eigenvalue weighted by Crippen LogP contribution is 2.42. The zero-order chi connectivity index (χ0) is 11.7. The Morgan fingerprint density at radius 3 is 2.82 bits per heavy atom. The van der Waals surface area contributed by atoms with Crippen molar-refractivity contribution in [1.82, 2.24) is 5.43 Å². The van der Waals surface area contributed by atoms with Gasteiger partial charge in [0.15, 0.2) is 0 Å². The first-order chi connectivity index (χ1) is 8.38. The third-order valence-corrected chi connectivity index (χ3v) is 5.42. The molecular formula is C13H14N2S2. The van der Waals surface area contributed by atoms with E-state index < -0.39 is 0 Å². The second-order valence-electron chi connectivity index (χ2n) is 4.13. The Kier molecular flexibility index (Phi) is 3.20. The van der Waals surface area contributed by atoms with Gasteiger partial charge in [0.05, 0.1) is 6.04 Å². The molecule has 0 bridgehead atoms. The quantitative estimate of drug-likeness (QED) is 0.660. The molecule has 0 spiro atoms. The molecule has 1 aliphatic rings. The minimum atomic E-state index is 0.243. The average Bonchev–Trinajstić information content (AvgIpc) is 2.98. The molecule has 2 atom stereocenters. The van der Waals surface area contributed by atoms with E-state index >= 15 is 0 Å². The summed E-state index contributed by atoms with van der Waals surface area (Å²) in [6, 6.07) is 13.1. The van der Waals surface area contributed by atoms with Crippen molar-refractivity contribution >= 4 is 23.1 Å². The molecule has 0 fully saturated rings. The Hall–Kier alpha value is -0.810. The summed E-state index contributed by atoms with van der Waals surface area (Å²) in [6.07, 6.45) is 1.09. The molecule has 3 rings (SSSR count). The van der Waals surface area contributed by atoms with Crippen LogP contribution < -0.4 is 11.3 Å². The molecule has 0 radical (unpaired) electrons. The van der Waals surface area contributed by atoms with Crippen LogP contribution in [0.4, 0.5) is 0 Å². The molecule has 0 saturated heterocycles. The Morgan fingerprint density at radius 1 is 1.24 bits per heavy atom. The molecule has 17 heavy (non-hydrogen) atoms. The number of rotatable bonds is 3.